The van der Waals surface area contributed by atoms with Crippen LogP contribution in [-0.2, 0) is 21.5 Å². The average molecular weight is 516 g/mol. The van der Waals surface area contributed by atoms with Crippen molar-refractivity contribution < 1.29 is 14.3 Å². The van der Waals surface area contributed by atoms with Crippen LogP contribution in [0.3, 0.4) is 0 Å². The number of morpholine rings is 1. The van der Waals surface area contributed by atoms with Gasteiger partial charge in [-0.3, -0.25) is 14.5 Å². The molecular formula is C30H30ClN3O3. The topological polar surface area (TPSA) is 61.9 Å². The van der Waals surface area contributed by atoms with E-state index >= 15 is 0 Å². The summed E-state index contributed by atoms with van der Waals surface area (Å²) in [6.45, 7) is 5.13. The van der Waals surface area contributed by atoms with Gasteiger partial charge in [-0.25, -0.2) is 0 Å². The summed E-state index contributed by atoms with van der Waals surface area (Å²) in [5, 5.41) is 3.73. The number of halogens is 1. The van der Waals surface area contributed by atoms with Gasteiger partial charge in [0.25, 0.3) is 5.91 Å². The van der Waals surface area contributed by atoms with E-state index in [4.69, 9.17) is 16.3 Å². The first kappa shape index (κ1) is 24.2. The van der Waals surface area contributed by atoms with Crippen molar-refractivity contribution in [3.8, 4) is 0 Å². The molecule has 3 aromatic rings. The van der Waals surface area contributed by atoms with Crippen LogP contribution in [0.25, 0.3) is 0 Å². The SMILES string of the molecule is O=C(NCCN1CCOCC1)c1cccc(CN2C(=O)C3(CC3c3ccc(Cl)cc3)c3ccccc32)c1. The molecule has 0 bridgehead atoms. The predicted octanol–water partition coefficient (Wildman–Crippen LogP) is 4.37. The first-order valence-electron chi connectivity index (χ1n) is 12.9. The second-order valence-corrected chi connectivity index (χ2v) is 10.5. The van der Waals surface area contributed by atoms with Gasteiger partial charge in [-0.05, 0) is 53.4 Å². The summed E-state index contributed by atoms with van der Waals surface area (Å²) < 4.78 is 5.38. The summed E-state index contributed by atoms with van der Waals surface area (Å²) >= 11 is 6.10. The molecule has 2 unspecified atom stereocenters. The molecule has 7 heteroatoms. The lowest BCUT2D eigenvalue weighted by Crippen LogP contribution is -2.41. The number of ether oxygens (including phenoxy) is 1. The van der Waals surface area contributed by atoms with Crippen LogP contribution < -0.4 is 10.2 Å². The molecule has 6 nitrogen and oxygen atoms in total. The largest absolute Gasteiger partial charge is 0.379 e. The number of nitrogens with zero attached hydrogens (tertiary/aromatic N) is 2. The molecule has 1 saturated heterocycles. The van der Waals surface area contributed by atoms with Crippen molar-refractivity contribution in [1.82, 2.24) is 10.2 Å². The van der Waals surface area contributed by atoms with Crippen molar-refractivity contribution >= 4 is 29.1 Å². The van der Waals surface area contributed by atoms with Gasteiger partial charge in [0.2, 0.25) is 5.91 Å². The zero-order valence-corrected chi connectivity index (χ0v) is 21.4. The van der Waals surface area contributed by atoms with E-state index < -0.39 is 5.41 Å². The lowest BCUT2D eigenvalue weighted by Gasteiger charge is -2.26. The summed E-state index contributed by atoms with van der Waals surface area (Å²) in [5.74, 6) is 0.186. The second-order valence-electron chi connectivity index (χ2n) is 10.1. The fourth-order valence-corrected chi connectivity index (χ4v) is 5.98. The zero-order chi connectivity index (χ0) is 25.4. The second kappa shape index (κ2) is 9.93. The molecule has 1 saturated carbocycles. The van der Waals surface area contributed by atoms with Gasteiger partial charge >= 0.3 is 0 Å². The molecule has 190 valence electrons. The lowest BCUT2D eigenvalue weighted by molar-refractivity contribution is -0.120. The quantitative estimate of drug-likeness (QED) is 0.507. The van der Waals surface area contributed by atoms with E-state index in [9.17, 15) is 9.59 Å². The van der Waals surface area contributed by atoms with E-state index in [1.165, 1.54) is 0 Å². The number of rotatable bonds is 7. The maximum Gasteiger partial charge on any atom is 0.251 e. The van der Waals surface area contributed by atoms with Crippen molar-refractivity contribution in [2.75, 3.05) is 44.3 Å². The molecule has 0 aromatic heterocycles. The van der Waals surface area contributed by atoms with Crippen LogP contribution in [0.4, 0.5) is 5.69 Å². The van der Waals surface area contributed by atoms with Crippen molar-refractivity contribution in [1.29, 1.82) is 0 Å². The minimum atomic E-state index is -0.515. The van der Waals surface area contributed by atoms with Crippen LogP contribution in [0.15, 0.2) is 72.8 Å². The standard InChI is InChI=1S/C30H30ClN3O3/c31-24-10-8-22(9-11-24)26-19-30(26)25-6-1-2-7-27(25)34(29(30)36)20-21-4-3-5-23(18-21)28(35)32-12-13-33-14-16-37-17-15-33/h1-11,18,26H,12-17,19-20H2,(H,32,35). The van der Waals surface area contributed by atoms with Crippen molar-refractivity contribution in [3.05, 3.63) is 100 Å². The van der Waals surface area contributed by atoms with E-state index in [1.54, 1.807) is 0 Å². The number of nitrogens with one attached hydrogen (secondary N) is 1. The average Bonchev–Trinajstić information content (AvgIpc) is 3.64. The summed E-state index contributed by atoms with van der Waals surface area (Å²) in [6, 6.07) is 23.5. The third-order valence-electron chi connectivity index (χ3n) is 7.88. The number of benzene rings is 3. The van der Waals surface area contributed by atoms with Gasteiger partial charge in [0.05, 0.1) is 25.2 Å². The summed E-state index contributed by atoms with van der Waals surface area (Å²) in [6.07, 6.45) is 0.798. The third-order valence-corrected chi connectivity index (χ3v) is 8.13. The Morgan fingerprint density at radius 1 is 1.03 bits per heavy atom. The molecule has 6 rings (SSSR count). The lowest BCUT2D eigenvalue weighted by atomic mass is 9.92. The Morgan fingerprint density at radius 2 is 1.81 bits per heavy atom. The number of anilines is 1. The van der Waals surface area contributed by atoms with Crippen LogP contribution in [0.2, 0.25) is 5.02 Å². The Hall–Kier alpha value is -3.19. The van der Waals surface area contributed by atoms with Gasteiger partial charge in [0.15, 0.2) is 0 Å². The number of hydrogen-bond acceptors (Lipinski definition) is 4. The van der Waals surface area contributed by atoms with Gasteiger partial charge in [0.1, 0.15) is 0 Å². The molecule has 2 amide bonds. The van der Waals surface area contributed by atoms with Crippen LogP contribution in [0, 0.1) is 0 Å². The number of hydrogen-bond donors (Lipinski definition) is 1. The van der Waals surface area contributed by atoms with Gasteiger partial charge in [-0.2, -0.15) is 0 Å². The molecule has 2 heterocycles. The Balaban J connectivity index is 1.17. The number of amides is 2. The molecule has 1 spiro atoms. The molecule has 1 aliphatic carbocycles. The van der Waals surface area contributed by atoms with Gasteiger partial charge in [0, 0.05) is 48.4 Å². The number of fused-ring (bicyclic) bond motifs is 2. The van der Waals surface area contributed by atoms with E-state index in [2.05, 4.69) is 16.3 Å². The van der Waals surface area contributed by atoms with E-state index in [0.29, 0.717) is 23.7 Å². The normalized spacial score (nSPS) is 22.8. The highest BCUT2D eigenvalue weighted by molar-refractivity contribution is 6.30. The summed E-state index contributed by atoms with van der Waals surface area (Å²) in [7, 11) is 0. The summed E-state index contributed by atoms with van der Waals surface area (Å²) in [4.78, 5) is 30.9. The monoisotopic (exact) mass is 515 g/mol. The minimum Gasteiger partial charge on any atom is -0.379 e. The summed E-state index contributed by atoms with van der Waals surface area (Å²) in [5.41, 5.74) is 4.23. The highest BCUT2D eigenvalue weighted by Crippen LogP contribution is 2.66. The number of carbonyl (C=O) groups is 2. The van der Waals surface area contributed by atoms with E-state index in [0.717, 1.165) is 61.6 Å². The van der Waals surface area contributed by atoms with Crippen LogP contribution in [0.1, 0.15) is 39.4 Å². The molecule has 1 N–H and O–H groups in total. The first-order chi connectivity index (χ1) is 18.1. The third kappa shape index (κ3) is 4.54. The number of carbonyl (C=O) groups excluding carboxylic acids is 2. The fraction of sp³-hybridized carbons (Fsp3) is 0.333. The fourth-order valence-electron chi connectivity index (χ4n) is 5.85. The molecule has 0 radical (unpaired) electrons. The molecule has 3 aliphatic rings. The van der Waals surface area contributed by atoms with Gasteiger partial charge in [-0.1, -0.05) is 54.1 Å². The molecule has 2 atom stereocenters. The highest BCUT2D eigenvalue weighted by atomic mass is 35.5. The molecule has 3 aromatic carbocycles. The Kier molecular flexibility index (Phi) is 6.49. The first-order valence-corrected chi connectivity index (χ1v) is 13.3. The minimum absolute atomic E-state index is 0.0928. The Labute approximate surface area is 222 Å². The van der Waals surface area contributed by atoms with Crippen LogP contribution in [-0.4, -0.2) is 56.1 Å². The van der Waals surface area contributed by atoms with Crippen LogP contribution in [0.5, 0.6) is 0 Å². The van der Waals surface area contributed by atoms with E-state index in [-0.39, 0.29) is 17.7 Å². The highest BCUT2D eigenvalue weighted by Gasteiger charge is 2.67. The van der Waals surface area contributed by atoms with E-state index in [1.807, 2.05) is 71.6 Å². The van der Waals surface area contributed by atoms with Gasteiger partial charge < -0.3 is 15.0 Å². The maximum absolute atomic E-state index is 13.9. The van der Waals surface area contributed by atoms with Crippen molar-refractivity contribution in [2.24, 2.45) is 0 Å². The van der Waals surface area contributed by atoms with Gasteiger partial charge in [-0.15, -0.1) is 0 Å². The molecule has 2 fully saturated rings. The van der Waals surface area contributed by atoms with Crippen molar-refractivity contribution in [3.63, 3.8) is 0 Å². The maximum atomic E-state index is 13.9. The molecule has 37 heavy (non-hydrogen) atoms. The van der Waals surface area contributed by atoms with Crippen LogP contribution >= 0.6 is 11.6 Å². The smallest absolute Gasteiger partial charge is 0.251 e. The Bertz CT molecular complexity index is 1320. The number of para-hydroxylation sites is 1. The molecule has 2 aliphatic heterocycles. The predicted molar refractivity (Wildman–Crippen MR) is 144 cm³/mol. The molecular weight excluding hydrogens is 486 g/mol. The Morgan fingerprint density at radius 3 is 2.62 bits per heavy atom. The van der Waals surface area contributed by atoms with Crippen molar-refractivity contribution in [2.45, 2.75) is 24.3 Å². The zero-order valence-electron chi connectivity index (χ0n) is 20.7.